The molecule has 0 unspecified atom stereocenters. The highest BCUT2D eigenvalue weighted by atomic mass is 16.6. The van der Waals surface area contributed by atoms with E-state index in [0.717, 1.165) is 18.4 Å². The number of amides is 1. The third-order valence-corrected chi connectivity index (χ3v) is 7.91. The summed E-state index contributed by atoms with van der Waals surface area (Å²) in [5.41, 5.74) is 2.92. The van der Waals surface area contributed by atoms with Crippen LogP contribution in [-0.2, 0) is 33.5 Å². The molecule has 0 bridgehead atoms. The predicted octanol–water partition coefficient (Wildman–Crippen LogP) is 7.79. The van der Waals surface area contributed by atoms with E-state index in [1.165, 1.54) is 52.1 Å². The van der Waals surface area contributed by atoms with Gasteiger partial charge in [-0.25, -0.2) is 14.4 Å². The Labute approximate surface area is 257 Å². The van der Waals surface area contributed by atoms with Gasteiger partial charge in [-0.15, -0.1) is 0 Å². The summed E-state index contributed by atoms with van der Waals surface area (Å²) >= 11 is 0. The first-order valence-electron chi connectivity index (χ1n) is 15.0. The monoisotopic (exact) mass is 593 g/mol. The number of aryl methyl sites for hydroxylation is 3. The summed E-state index contributed by atoms with van der Waals surface area (Å²) in [6, 6.07) is 23.0. The van der Waals surface area contributed by atoms with Crippen molar-refractivity contribution >= 4 is 50.3 Å². The number of carbonyl (C=O) groups excluding carboxylic acids is 3. The first-order chi connectivity index (χ1) is 21.1. The molecule has 1 N–H and O–H groups in total. The fourth-order valence-electron chi connectivity index (χ4n) is 6.03. The van der Waals surface area contributed by atoms with Crippen molar-refractivity contribution in [2.75, 3.05) is 20.8 Å². The molecule has 0 atom stereocenters. The van der Waals surface area contributed by atoms with E-state index in [4.69, 9.17) is 14.2 Å². The van der Waals surface area contributed by atoms with Gasteiger partial charge in [0.1, 0.15) is 5.60 Å². The van der Waals surface area contributed by atoms with E-state index in [1.807, 2.05) is 0 Å². The molecule has 1 amide bonds. The second kappa shape index (κ2) is 12.9. The zero-order valence-corrected chi connectivity index (χ0v) is 26.0. The molecule has 7 nitrogen and oxygen atoms in total. The summed E-state index contributed by atoms with van der Waals surface area (Å²) in [6.07, 6.45) is 2.62. The average molecular weight is 594 g/mol. The minimum atomic E-state index is -0.594. The maximum atomic E-state index is 13.1. The van der Waals surface area contributed by atoms with Crippen LogP contribution in [0.2, 0.25) is 0 Å². The van der Waals surface area contributed by atoms with Crippen LogP contribution in [0, 0.1) is 0 Å². The van der Waals surface area contributed by atoms with Crippen LogP contribution in [0.3, 0.4) is 0 Å². The van der Waals surface area contributed by atoms with Crippen molar-refractivity contribution in [2.45, 2.75) is 58.5 Å². The maximum absolute atomic E-state index is 13.1. The van der Waals surface area contributed by atoms with Crippen LogP contribution < -0.4 is 5.32 Å². The van der Waals surface area contributed by atoms with Crippen molar-refractivity contribution in [1.82, 2.24) is 5.32 Å². The minimum Gasteiger partial charge on any atom is -0.465 e. The van der Waals surface area contributed by atoms with Crippen molar-refractivity contribution in [1.29, 1.82) is 0 Å². The lowest BCUT2D eigenvalue weighted by Gasteiger charge is -2.20. The minimum absolute atomic E-state index is 0.349. The van der Waals surface area contributed by atoms with Crippen molar-refractivity contribution in [3.8, 4) is 0 Å². The van der Waals surface area contributed by atoms with Crippen LogP contribution in [0.5, 0.6) is 0 Å². The van der Waals surface area contributed by atoms with Gasteiger partial charge in [-0.1, -0.05) is 54.6 Å². The van der Waals surface area contributed by atoms with Gasteiger partial charge in [-0.05, 0) is 114 Å². The Bertz CT molecular complexity index is 1820. The molecular formula is C37H39NO6. The molecule has 44 heavy (non-hydrogen) atoms. The first kappa shape index (κ1) is 30.8. The summed E-state index contributed by atoms with van der Waals surface area (Å²) in [5.74, 6) is -0.920. The Morgan fingerprint density at radius 1 is 0.682 bits per heavy atom. The number of methoxy groups -OCH3 is 2. The molecule has 0 fully saturated rings. The molecule has 228 valence electrons. The van der Waals surface area contributed by atoms with Gasteiger partial charge < -0.3 is 19.5 Å². The van der Waals surface area contributed by atoms with Gasteiger partial charge in [0, 0.05) is 6.54 Å². The van der Waals surface area contributed by atoms with Crippen molar-refractivity contribution in [2.24, 2.45) is 0 Å². The highest BCUT2D eigenvalue weighted by molar-refractivity contribution is 6.23. The topological polar surface area (TPSA) is 90.9 Å². The van der Waals surface area contributed by atoms with Crippen LogP contribution in [0.25, 0.3) is 32.3 Å². The number of nitrogens with one attached hydrogen (secondary N) is 1. The molecule has 0 saturated heterocycles. The fraction of sp³-hybridized carbons (Fsp3) is 0.324. The number of benzene rings is 5. The molecule has 0 aliphatic carbocycles. The summed E-state index contributed by atoms with van der Waals surface area (Å²) in [7, 11) is 2.70. The van der Waals surface area contributed by atoms with Gasteiger partial charge in [0.2, 0.25) is 0 Å². The SMILES string of the molecule is COC(=O)c1cc(CCCNC(=O)OC(C)(C)C)c(C(=O)OC)c(CCCc2ccc3ccc4cccc5ccc2c3c45)c1. The zero-order valence-electron chi connectivity index (χ0n) is 26.0. The third-order valence-electron chi connectivity index (χ3n) is 7.91. The largest absolute Gasteiger partial charge is 0.465 e. The lowest BCUT2D eigenvalue weighted by molar-refractivity contribution is 0.0524. The first-order valence-corrected chi connectivity index (χ1v) is 15.0. The predicted molar refractivity (Wildman–Crippen MR) is 174 cm³/mol. The summed E-state index contributed by atoms with van der Waals surface area (Å²) in [5, 5.41) is 10.2. The molecular weight excluding hydrogens is 554 g/mol. The quantitative estimate of drug-likeness (QED) is 0.0769. The highest BCUT2D eigenvalue weighted by Gasteiger charge is 2.22. The second-order valence-electron chi connectivity index (χ2n) is 12.1. The molecule has 5 rings (SSSR count). The van der Waals surface area contributed by atoms with Crippen LogP contribution >= 0.6 is 0 Å². The highest BCUT2D eigenvalue weighted by Crippen LogP contribution is 2.36. The maximum Gasteiger partial charge on any atom is 0.407 e. The molecule has 0 aliphatic rings. The summed E-state index contributed by atoms with van der Waals surface area (Å²) in [4.78, 5) is 37.8. The fourth-order valence-corrected chi connectivity index (χ4v) is 6.03. The number of carbonyl (C=O) groups is 3. The molecule has 5 aromatic rings. The smallest absolute Gasteiger partial charge is 0.407 e. The molecule has 0 aromatic heterocycles. The van der Waals surface area contributed by atoms with Gasteiger partial charge in [0.05, 0.1) is 25.3 Å². The molecule has 0 spiro atoms. The molecule has 0 saturated carbocycles. The Kier molecular flexibility index (Phi) is 9.04. The average Bonchev–Trinajstić information content (AvgIpc) is 3.00. The van der Waals surface area contributed by atoms with E-state index >= 15 is 0 Å². The van der Waals surface area contributed by atoms with Crippen LogP contribution in [0.15, 0.2) is 66.7 Å². The van der Waals surface area contributed by atoms with Gasteiger partial charge >= 0.3 is 18.0 Å². The lowest BCUT2D eigenvalue weighted by Crippen LogP contribution is -2.33. The molecule has 0 radical (unpaired) electrons. The van der Waals surface area contributed by atoms with E-state index in [2.05, 4.69) is 59.9 Å². The van der Waals surface area contributed by atoms with Gasteiger partial charge in [-0.3, -0.25) is 0 Å². The van der Waals surface area contributed by atoms with Crippen molar-refractivity contribution in [3.63, 3.8) is 0 Å². The number of alkyl carbamates (subject to hydrolysis) is 1. The van der Waals surface area contributed by atoms with Crippen LogP contribution in [0.1, 0.15) is 71.0 Å². The molecule has 0 aliphatic heterocycles. The summed E-state index contributed by atoms with van der Waals surface area (Å²) in [6.45, 7) is 5.76. The molecule has 5 aromatic carbocycles. The molecule has 7 heteroatoms. The zero-order chi connectivity index (χ0) is 31.4. The van der Waals surface area contributed by atoms with Gasteiger partial charge in [0.15, 0.2) is 0 Å². The normalized spacial score (nSPS) is 11.7. The van der Waals surface area contributed by atoms with Crippen molar-refractivity contribution < 1.29 is 28.6 Å². The van der Waals surface area contributed by atoms with E-state index in [0.29, 0.717) is 42.5 Å². The Hall–Kier alpha value is -4.65. The number of ether oxygens (including phenoxy) is 3. The van der Waals surface area contributed by atoms with Gasteiger partial charge in [0.25, 0.3) is 0 Å². The summed E-state index contributed by atoms with van der Waals surface area (Å²) < 4.78 is 15.5. The Morgan fingerprint density at radius 3 is 1.89 bits per heavy atom. The van der Waals surface area contributed by atoms with Crippen LogP contribution in [0.4, 0.5) is 4.79 Å². The van der Waals surface area contributed by atoms with Crippen molar-refractivity contribution in [3.05, 3.63) is 94.5 Å². The van der Waals surface area contributed by atoms with E-state index in [1.54, 1.807) is 32.9 Å². The van der Waals surface area contributed by atoms with E-state index in [9.17, 15) is 14.4 Å². The second-order valence-corrected chi connectivity index (χ2v) is 12.1. The lowest BCUT2D eigenvalue weighted by atomic mass is 9.89. The number of esters is 2. The number of rotatable bonds is 10. The van der Waals surface area contributed by atoms with Gasteiger partial charge in [-0.2, -0.15) is 0 Å². The number of hydrogen-bond acceptors (Lipinski definition) is 6. The molecule has 0 heterocycles. The van der Waals surface area contributed by atoms with E-state index < -0.39 is 23.6 Å². The number of hydrogen-bond donors (Lipinski definition) is 1. The third kappa shape index (κ3) is 6.62. The Morgan fingerprint density at radius 2 is 1.25 bits per heavy atom. The van der Waals surface area contributed by atoms with E-state index in [-0.39, 0.29) is 0 Å². The Balaban J connectivity index is 1.39. The van der Waals surface area contributed by atoms with Crippen LogP contribution in [-0.4, -0.2) is 44.4 Å². The standard InChI is InChI=1S/C37H39NO6/c1-37(2,3)44-36(41)38-20-8-13-28-22-29(34(39)42-4)21-27(32(28)35(40)43-5)12-6-9-23-14-15-26-17-16-24-10-7-11-25-18-19-30(23)33(26)31(24)25/h7,10-11,14-19,21-22H,6,8-9,12-13,20H2,1-5H3,(H,38,41).